The molecule has 1 saturated heterocycles. The second kappa shape index (κ2) is 8.80. The number of ether oxygens (including phenoxy) is 1. The van der Waals surface area contributed by atoms with Gasteiger partial charge in [-0.15, -0.1) is 0 Å². The van der Waals surface area contributed by atoms with Gasteiger partial charge in [-0.2, -0.15) is 0 Å². The van der Waals surface area contributed by atoms with Crippen LogP contribution in [0, 0.1) is 5.92 Å². The third kappa shape index (κ3) is 5.05. The summed E-state index contributed by atoms with van der Waals surface area (Å²) in [6.07, 6.45) is 1.64. The second-order valence-corrected chi connectivity index (χ2v) is 6.90. The molecule has 2 unspecified atom stereocenters. The van der Waals surface area contributed by atoms with Crippen molar-refractivity contribution in [3.8, 4) is 0 Å². The van der Waals surface area contributed by atoms with E-state index in [4.69, 9.17) is 4.74 Å². The lowest BCUT2D eigenvalue weighted by Crippen LogP contribution is -2.58. The van der Waals surface area contributed by atoms with Gasteiger partial charge in [-0.1, -0.05) is 30.3 Å². The number of hydrogen-bond acceptors (Lipinski definition) is 4. The Balaban J connectivity index is 1.97. The van der Waals surface area contributed by atoms with Gasteiger partial charge in [-0.25, -0.2) is 4.79 Å². The number of carboxylic acid groups (broad SMARTS) is 1. The zero-order valence-corrected chi connectivity index (χ0v) is 15.2. The SMILES string of the molecule is COCC(C)(NC(=O)C1CCCN(C(=O)Cc2ccccc2)C1)C(=O)O. The predicted molar refractivity (Wildman–Crippen MR) is 95.5 cm³/mol. The van der Waals surface area contributed by atoms with Gasteiger partial charge in [-0.05, 0) is 25.3 Å². The van der Waals surface area contributed by atoms with Crippen LogP contribution in [0.15, 0.2) is 30.3 Å². The van der Waals surface area contributed by atoms with E-state index in [0.717, 1.165) is 5.56 Å². The van der Waals surface area contributed by atoms with Gasteiger partial charge in [0.2, 0.25) is 11.8 Å². The normalized spacial score (nSPS) is 19.5. The maximum atomic E-state index is 12.6. The fraction of sp³-hybridized carbons (Fsp3) is 0.526. The number of rotatable bonds is 7. The van der Waals surface area contributed by atoms with E-state index in [2.05, 4.69) is 5.32 Å². The number of piperidine rings is 1. The van der Waals surface area contributed by atoms with Crippen molar-refractivity contribution in [1.29, 1.82) is 0 Å². The van der Waals surface area contributed by atoms with E-state index in [1.54, 1.807) is 4.90 Å². The summed E-state index contributed by atoms with van der Waals surface area (Å²) >= 11 is 0. The summed E-state index contributed by atoms with van der Waals surface area (Å²) in [7, 11) is 1.39. The number of aliphatic carboxylic acids is 1. The highest BCUT2D eigenvalue weighted by atomic mass is 16.5. The van der Waals surface area contributed by atoms with Gasteiger partial charge in [0.1, 0.15) is 0 Å². The highest BCUT2D eigenvalue weighted by Crippen LogP contribution is 2.19. The standard InChI is InChI=1S/C19H26N2O5/c1-19(13-26-2,18(24)25)20-17(23)15-9-6-10-21(12-15)16(22)11-14-7-4-3-5-8-14/h3-5,7-8,15H,6,9-13H2,1-2H3,(H,20,23)(H,24,25). The quantitative estimate of drug-likeness (QED) is 0.756. The fourth-order valence-corrected chi connectivity index (χ4v) is 3.11. The Bertz CT molecular complexity index is 649. The average molecular weight is 362 g/mol. The Morgan fingerprint density at radius 1 is 1.31 bits per heavy atom. The molecule has 0 saturated carbocycles. The number of hydrogen-bond donors (Lipinski definition) is 2. The molecule has 26 heavy (non-hydrogen) atoms. The lowest BCUT2D eigenvalue weighted by atomic mass is 9.94. The van der Waals surface area contributed by atoms with Crippen molar-refractivity contribution in [2.45, 2.75) is 31.7 Å². The molecule has 142 valence electrons. The first-order valence-electron chi connectivity index (χ1n) is 8.72. The highest BCUT2D eigenvalue weighted by Gasteiger charge is 2.38. The lowest BCUT2D eigenvalue weighted by Gasteiger charge is -2.34. The monoisotopic (exact) mass is 362 g/mol. The van der Waals surface area contributed by atoms with Crippen molar-refractivity contribution in [3.05, 3.63) is 35.9 Å². The number of methoxy groups -OCH3 is 1. The molecule has 1 aromatic rings. The number of carboxylic acids is 1. The van der Waals surface area contributed by atoms with Crippen LogP contribution in [0.4, 0.5) is 0 Å². The van der Waals surface area contributed by atoms with Crippen molar-refractivity contribution < 1.29 is 24.2 Å². The molecule has 7 heteroatoms. The Hall–Kier alpha value is -2.41. The van der Waals surface area contributed by atoms with Crippen LogP contribution in [-0.4, -0.2) is 60.1 Å². The molecule has 7 nitrogen and oxygen atoms in total. The zero-order chi connectivity index (χ0) is 19.2. The molecule has 0 spiro atoms. The lowest BCUT2D eigenvalue weighted by molar-refractivity contribution is -0.150. The molecule has 1 aromatic carbocycles. The van der Waals surface area contributed by atoms with Crippen LogP contribution in [-0.2, 0) is 25.5 Å². The van der Waals surface area contributed by atoms with Gasteiger partial charge in [0, 0.05) is 20.2 Å². The van der Waals surface area contributed by atoms with E-state index in [9.17, 15) is 19.5 Å². The largest absolute Gasteiger partial charge is 0.479 e. The third-order valence-electron chi connectivity index (χ3n) is 4.65. The van der Waals surface area contributed by atoms with Crippen LogP contribution in [0.25, 0.3) is 0 Å². The highest BCUT2D eigenvalue weighted by molar-refractivity contribution is 5.88. The first-order valence-corrected chi connectivity index (χ1v) is 8.72. The molecule has 1 heterocycles. The Morgan fingerprint density at radius 3 is 2.62 bits per heavy atom. The fourth-order valence-electron chi connectivity index (χ4n) is 3.11. The topological polar surface area (TPSA) is 95.9 Å². The van der Waals surface area contributed by atoms with Crippen LogP contribution in [0.1, 0.15) is 25.3 Å². The van der Waals surface area contributed by atoms with Crippen LogP contribution in [0.2, 0.25) is 0 Å². The Labute approximate surface area is 153 Å². The predicted octanol–water partition coefficient (Wildman–Crippen LogP) is 1.07. The molecular formula is C19H26N2O5. The van der Waals surface area contributed by atoms with Crippen molar-refractivity contribution in [2.24, 2.45) is 5.92 Å². The molecule has 1 fully saturated rings. The van der Waals surface area contributed by atoms with Gasteiger partial charge in [0.25, 0.3) is 0 Å². The number of nitrogens with one attached hydrogen (secondary N) is 1. The van der Waals surface area contributed by atoms with E-state index >= 15 is 0 Å². The minimum Gasteiger partial charge on any atom is -0.479 e. The molecule has 2 atom stereocenters. The van der Waals surface area contributed by atoms with Crippen LogP contribution >= 0.6 is 0 Å². The van der Waals surface area contributed by atoms with E-state index in [0.29, 0.717) is 32.4 Å². The molecule has 0 radical (unpaired) electrons. The van der Waals surface area contributed by atoms with Crippen molar-refractivity contribution in [3.63, 3.8) is 0 Å². The summed E-state index contributed by atoms with van der Waals surface area (Å²) in [4.78, 5) is 38.2. The molecule has 2 amide bonds. The molecule has 2 rings (SSSR count). The van der Waals surface area contributed by atoms with Gasteiger partial charge < -0.3 is 20.1 Å². The number of nitrogens with zero attached hydrogens (tertiary/aromatic N) is 1. The Morgan fingerprint density at radius 2 is 2.00 bits per heavy atom. The number of carbonyl (C=O) groups is 3. The number of carbonyl (C=O) groups excluding carboxylic acids is 2. The minimum absolute atomic E-state index is 0.0217. The summed E-state index contributed by atoms with van der Waals surface area (Å²) < 4.78 is 4.92. The molecule has 0 aromatic heterocycles. The van der Waals surface area contributed by atoms with E-state index in [-0.39, 0.29) is 18.4 Å². The third-order valence-corrected chi connectivity index (χ3v) is 4.65. The van der Waals surface area contributed by atoms with Gasteiger partial charge >= 0.3 is 5.97 Å². The smallest absolute Gasteiger partial charge is 0.331 e. The maximum absolute atomic E-state index is 12.6. The first-order chi connectivity index (χ1) is 12.4. The van der Waals surface area contributed by atoms with E-state index in [1.165, 1.54) is 14.0 Å². The van der Waals surface area contributed by atoms with Crippen LogP contribution < -0.4 is 5.32 Å². The molecule has 2 N–H and O–H groups in total. The summed E-state index contributed by atoms with van der Waals surface area (Å²) in [5.74, 6) is -1.95. The number of benzene rings is 1. The summed E-state index contributed by atoms with van der Waals surface area (Å²) in [5, 5.41) is 11.9. The summed E-state index contributed by atoms with van der Waals surface area (Å²) in [5.41, 5.74) is -0.551. The molecule has 1 aliphatic rings. The molecular weight excluding hydrogens is 336 g/mol. The average Bonchev–Trinajstić information content (AvgIpc) is 2.62. The molecule has 0 aliphatic carbocycles. The first kappa shape index (κ1) is 19.9. The number of amides is 2. The molecule has 0 bridgehead atoms. The van der Waals surface area contributed by atoms with Crippen LogP contribution in [0.5, 0.6) is 0 Å². The van der Waals surface area contributed by atoms with Crippen molar-refractivity contribution in [2.75, 3.05) is 26.8 Å². The minimum atomic E-state index is -1.48. The summed E-state index contributed by atoms with van der Waals surface area (Å²) in [6.45, 7) is 2.21. The zero-order valence-electron chi connectivity index (χ0n) is 15.2. The Kier molecular flexibility index (Phi) is 6.74. The van der Waals surface area contributed by atoms with Gasteiger partial charge in [-0.3, -0.25) is 9.59 Å². The van der Waals surface area contributed by atoms with E-state index in [1.807, 2.05) is 30.3 Å². The van der Waals surface area contributed by atoms with Gasteiger partial charge in [0.15, 0.2) is 5.54 Å². The van der Waals surface area contributed by atoms with Gasteiger partial charge in [0.05, 0.1) is 18.9 Å². The summed E-state index contributed by atoms with van der Waals surface area (Å²) in [6, 6.07) is 9.47. The molecule has 1 aliphatic heterocycles. The number of likely N-dealkylation sites (tertiary alicyclic amines) is 1. The van der Waals surface area contributed by atoms with E-state index < -0.39 is 17.4 Å². The van der Waals surface area contributed by atoms with Crippen LogP contribution in [0.3, 0.4) is 0 Å². The second-order valence-electron chi connectivity index (χ2n) is 6.90. The van der Waals surface area contributed by atoms with Crippen molar-refractivity contribution >= 4 is 17.8 Å². The van der Waals surface area contributed by atoms with Crippen molar-refractivity contribution in [1.82, 2.24) is 10.2 Å². The maximum Gasteiger partial charge on any atom is 0.331 e.